The van der Waals surface area contributed by atoms with E-state index < -0.39 is 0 Å². The van der Waals surface area contributed by atoms with Crippen LogP contribution in [0.2, 0.25) is 0 Å². The second-order valence-corrected chi connectivity index (χ2v) is 14.9. The van der Waals surface area contributed by atoms with Crippen LogP contribution in [0.1, 0.15) is 25.0 Å². The third-order valence-electron chi connectivity index (χ3n) is 11.5. The molecule has 254 valence electrons. The topological polar surface area (TPSA) is 38.9 Å². The number of benzene rings is 8. The first kappa shape index (κ1) is 30.8. The minimum absolute atomic E-state index is 0.116. The van der Waals surface area contributed by atoms with Crippen LogP contribution in [-0.2, 0) is 5.41 Å². The summed E-state index contributed by atoms with van der Waals surface area (Å²) in [5.74, 6) is 0.689. The molecule has 0 aliphatic heterocycles. The van der Waals surface area contributed by atoms with Gasteiger partial charge in [-0.05, 0) is 91.3 Å². The average molecular weight is 691 g/mol. The zero-order valence-electron chi connectivity index (χ0n) is 30.0. The molecule has 8 aromatic carbocycles. The van der Waals surface area contributed by atoms with Gasteiger partial charge in [0.1, 0.15) is 11.2 Å². The molecule has 3 nitrogen and oxygen atoms in total. The summed E-state index contributed by atoms with van der Waals surface area (Å²) < 4.78 is 6.29. The molecular formula is C51H34N2O. The van der Waals surface area contributed by atoms with Gasteiger partial charge in [-0.1, -0.05) is 147 Å². The van der Waals surface area contributed by atoms with E-state index in [9.17, 15) is 0 Å². The molecule has 0 saturated carbocycles. The predicted octanol–water partition coefficient (Wildman–Crippen LogP) is 13.7. The Labute approximate surface area is 313 Å². The van der Waals surface area contributed by atoms with Gasteiger partial charge >= 0.3 is 0 Å². The molecule has 1 aliphatic carbocycles. The quantitative estimate of drug-likeness (QED) is 0.184. The Hall–Kier alpha value is -6.84. The largest absolute Gasteiger partial charge is 0.456 e. The van der Waals surface area contributed by atoms with Crippen molar-refractivity contribution in [1.82, 2.24) is 9.97 Å². The first-order valence-corrected chi connectivity index (χ1v) is 18.6. The van der Waals surface area contributed by atoms with Crippen molar-refractivity contribution < 1.29 is 4.42 Å². The standard InChI is InChI=1S/C51H34N2O/c1-51(2)43-29-34(23-24-38(43)42-27-32-15-6-7-16-33(32)28-44(42)51)35-25-26-39(37-18-9-8-17-36(35)37)45-30-46(53-50(52-45)31-13-4-3-5-14-31)40-20-12-22-48-49(40)41-19-10-11-21-47(41)54-48/h3-30H,1-2H3. The van der Waals surface area contributed by atoms with E-state index in [1.807, 2.05) is 42.5 Å². The van der Waals surface area contributed by atoms with Crippen LogP contribution in [0, 0.1) is 0 Å². The van der Waals surface area contributed by atoms with Crippen LogP contribution in [0.4, 0.5) is 0 Å². The first-order valence-electron chi connectivity index (χ1n) is 18.6. The summed E-state index contributed by atoms with van der Waals surface area (Å²) in [6.45, 7) is 4.72. The van der Waals surface area contributed by atoms with E-state index in [0.29, 0.717) is 5.82 Å². The van der Waals surface area contributed by atoms with Crippen LogP contribution >= 0.6 is 0 Å². The van der Waals surface area contributed by atoms with Gasteiger partial charge in [-0.2, -0.15) is 0 Å². The molecule has 3 heteroatoms. The molecule has 0 unspecified atom stereocenters. The van der Waals surface area contributed by atoms with E-state index in [1.54, 1.807) is 0 Å². The van der Waals surface area contributed by atoms with Crippen molar-refractivity contribution in [2.45, 2.75) is 19.3 Å². The lowest BCUT2D eigenvalue weighted by atomic mass is 9.81. The van der Waals surface area contributed by atoms with Crippen molar-refractivity contribution >= 4 is 43.5 Å². The van der Waals surface area contributed by atoms with Crippen molar-refractivity contribution in [2.24, 2.45) is 0 Å². The molecule has 0 spiro atoms. The molecule has 54 heavy (non-hydrogen) atoms. The Morgan fingerprint density at radius 1 is 0.407 bits per heavy atom. The third kappa shape index (κ3) is 4.61. The maximum Gasteiger partial charge on any atom is 0.160 e. The van der Waals surface area contributed by atoms with Gasteiger partial charge in [0.25, 0.3) is 0 Å². The van der Waals surface area contributed by atoms with Crippen LogP contribution in [0.5, 0.6) is 0 Å². The van der Waals surface area contributed by atoms with E-state index in [2.05, 4.69) is 141 Å². The van der Waals surface area contributed by atoms with Crippen LogP contribution in [0.25, 0.3) is 99.6 Å². The number of rotatable bonds is 4. The fourth-order valence-electron chi connectivity index (χ4n) is 8.79. The predicted molar refractivity (Wildman–Crippen MR) is 224 cm³/mol. The Kier molecular flexibility index (Phi) is 6.60. The molecular weight excluding hydrogens is 657 g/mol. The van der Waals surface area contributed by atoms with Crippen LogP contribution in [-0.4, -0.2) is 9.97 Å². The number of para-hydroxylation sites is 1. The molecule has 11 rings (SSSR count). The van der Waals surface area contributed by atoms with Crippen molar-refractivity contribution in [3.8, 4) is 56.2 Å². The summed E-state index contributed by atoms with van der Waals surface area (Å²) in [6, 6.07) is 60.6. The second kappa shape index (κ2) is 11.6. The van der Waals surface area contributed by atoms with Crippen LogP contribution in [0.15, 0.2) is 174 Å². The number of hydrogen-bond acceptors (Lipinski definition) is 3. The highest BCUT2D eigenvalue weighted by Crippen LogP contribution is 2.51. The van der Waals surface area contributed by atoms with Gasteiger partial charge in [0.2, 0.25) is 0 Å². The Morgan fingerprint density at radius 2 is 1.02 bits per heavy atom. The monoisotopic (exact) mass is 690 g/mol. The van der Waals surface area contributed by atoms with E-state index in [4.69, 9.17) is 14.4 Å². The van der Waals surface area contributed by atoms with Crippen LogP contribution < -0.4 is 0 Å². The molecule has 10 aromatic rings. The van der Waals surface area contributed by atoms with Crippen LogP contribution in [0.3, 0.4) is 0 Å². The number of hydrogen-bond donors (Lipinski definition) is 0. The molecule has 0 atom stereocenters. The van der Waals surface area contributed by atoms with Gasteiger partial charge in [0, 0.05) is 32.9 Å². The first-order chi connectivity index (χ1) is 26.5. The van der Waals surface area contributed by atoms with Crippen molar-refractivity contribution in [3.05, 3.63) is 181 Å². The zero-order valence-corrected chi connectivity index (χ0v) is 30.0. The number of furan rings is 1. The smallest absolute Gasteiger partial charge is 0.160 e. The van der Waals surface area contributed by atoms with Gasteiger partial charge < -0.3 is 4.42 Å². The molecule has 1 aliphatic rings. The lowest BCUT2D eigenvalue weighted by Crippen LogP contribution is -2.15. The molecule has 0 radical (unpaired) electrons. The molecule has 0 saturated heterocycles. The highest BCUT2D eigenvalue weighted by molar-refractivity contribution is 6.12. The second-order valence-electron chi connectivity index (χ2n) is 14.9. The fourth-order valence-corrected chi connectivity index (χ4v) is 8.79. The highest BCUT2D eigenvalue weighted by atomic mass is 16.3. The van der Waals surface area contributed by atoms with Gasteiger partial charge in [0.15, 0.2) is 5.82 Å². The normalized spacial score (nSPS) is 13.1. The Bertz CT molecular complexity index is 3130. The van der Waals surface area contributed by atoms with Gasteiger partial charge in [-0.25, -0.2) is 9.97 Å². The summed E-state index contributed by atoms with van der Waals surface area (Å²) >= 11 is 0. The van der Waals surface area contributed by atoms with Gasteiger partial charge in [-0.15, -0.1) is 0 Å². The molecule has 2 aromatic heterocycles. The van der Waals surface area contributed by atoms with E-state index >= 15 is 0 Å². The van der Waals surface area contributed by atoms with Crippen molar-refractivity contribution in [1.29, 1.82) is 0 Å². The van der Waals surface area contributed by atoms with Crippen molar-refractivity contribution in [3.63, 3.8) is 0 Å². The summed E-state index contributed by atoms with van der Waals surface area (Å²) in [7, 11) is 0. The molecule has 0 bridgehead atoms. The summed E-state index contributed by atoms with van der Waals surface area (Å²) in [4.78, 5) is 10.5. The number of nitrogens with zero attached hydrogens (tertiary/aromatic N) is 2. The molecule has 0 amide bonds. The lowest BCUT2D eigenvalue weighted by molar-refractivity contribution is 0.661. The number of fused-ring (bicyclic) bond motifs is 8. The molecule has 0 fully saturated rings. The van der Waals surface area contributed by atoms with E-state index in [-0.39, 0.29) is 5.41 Å². The maximum atomic E-state index is 6.29. The fraction of sp³-hybridized carbons (Fsp3) is 0.0588. The van der Waals surface area contributed by atoms with Gasteiger partial charge in [-0.3, -0.25) is 0 Å². The summed E-state index contributed by atoms with van der Waals surface area (Å²) in [5.41, 5.74) is 14.3. The van der Waals surface area contributed by atoms with Gasteiger partial charge in [0.05, 0.1) is 11.4 Å². The average Bonchev–Trinajstić information content (AvgIpc) is 3.71. The Balaban J connectivity index is 1.09. The lowest BCUT2D eigenvalue weighted by Gasteiger charge is -2.22. The third-order valence-corrected chi connectivity index (χ3v) is 11.5. The Morgan fingerprint density at radius 3 is 1.83 bits per heavy atom. The van der Waals surface area contributed by atoms with Crippen molar-refractivity contribution in [2.75, 3.05) is 0 Å². The SMILES string of the molecule is CC1(C)c2cc(-c3ccc(-c4cc(-c5cccc6oc7ccccc7c56)nc(-c5ccccc5)n4)c4ccccc34)ccc2-c2cc3ccccc3cc21. The summed E-state index contributed by atoms with van der Waals surface area (Å²) in [6.07, 6.45) is 0. The van der Waals surface area contributed by atoms with E-state index in [1.165, 1.54) is 49.5 Å². The minimum atomic E-state index is -0.116. The highest BCUT2D eigenvalue weighted by Gasteiger charge is 2.36. The zero-order chi connectivity index (χ0) is 36.0. The minimum Gasteiger partial charge on any atom is -0.456 e. The molecule has 2 heterocycles. The van der Waals surface area contributed by atoms with E-state index in [0.717, 1.165) is 55.4 Å². The molecule has 0 N–H and O–H groups in total. The number of aromatic nitrogens is 2. The maximum absolute atomic E-state index is 6.29. The summed E-state index contributed by atoms with van der Waals surface area (Å²) in [5, 5.41) is 7.05.